The Labute approximate surface area is 189 Å². The number of hydrogen-bond acceptors (Lipinski definition) is 1. The molecule has 6 aromatic rings. The van der Waals surface area contributed by atoms with Crippen molar-refractivity contribution in [1.82, 2.24) is 0 Å². The number of rotatable bonds is 2. The van der Waals surface area contributed by atoms with Gasteiger partial charge in [-0.1, -0.05) is 103 Å². The number of fused-ring (bicyclic) bond motifs is 5. The van der Waals surface area contributed by atoms with E-state index in [0.717, 1.165) is 27.5 Å². The first-order valence-corrected chi connectivity index (χ1v) is 11.3. The van der Waals surface area contributed by atoms with Gasteiger partial charge in [0, 0.05) is 21.9 Å². The van der Waals surface area contributed by atoms with Crippen LogP contribution in [0.5, 0.6) is 0 Å². The molecule has 0 bridgehead atoms. The van der Waals surface area contributed by atoms with Gasteiger partial charge in [0.2, 0.25) is 0 Å². The lowest BCUT2D eigenvalue weighted by Gasteiger charge is -2.27. The molecule has 1 nitrogen and oxygen atoms in total. The zero-order valence-corrected chi connectivity index (χ0v) is 18.8. The van der Waals surface area contributed by atoms with E-state index in [0.29, 0.717) is 0 Å². The first-order chi connectivity index (χ1) is 15.0. The molecule has 0 saturated carbocycles. The molecule has 6 rings (SSSR count). The standard InChI is InChI=1S/C29H21O.Al/c1-18(2)27-20-11-3-5-13-22(20)28(23-14-6-4-12-21(23)27)25-16-9-15-24-19-10-7-8-17-26(19)30-29(24)25;/h3-17H,1-2H3;. The summed E-state index contributed by atoms with van der Waals surface area (Å²) in [6.45, 7) is 4.54. The van der Waals surface area contributed by atoms with Crippen molar-refractivity contribution in [3.8, 4) is 11.1 Å². The molecule has 0 aliphatic heterocycles. The van der Waals surface area contributed by atoms with Crippen LogP contribution in [0, 0.1) is 0 Å². The summed E-state index contributed by atoms with van der Waals surface area (Å²) in [6.07, 6.45) is 0. The number of furan rings is 1. The Morgan fingerprint density at radius 1 is 0.581 bits per heavy atom. The van der Waals surface area contributed by atoms with Crippen molar-refractivity contribution in [2.24, 2.45) is 0 Å². The average molecular weight is 412 g/mol. The van der Waals surface area contributed by atoms with Crippen LogP contribution in [0.4, 0.5) is 0 Å². The molecule has 0 N–H and O–H groups in total. The van der Waals surface area contributed by atoms with Gasteiger partial charge in [0.05, 0.1) is 0 Å². The van der Waals surface area contributed by atoms with E-state index in [2.05, 4.69) is 115 Å². The number of benzene rings is 5. The summed E-state index contributed by atoms with van der Waals surface area (Å²) in [7, 11) is 0. The molecule has 0 amide bonds. The summed E-state index contributed by atoms with van der Waals surface area (Å²) >= 11 is 3.04. The minimum absolute atomic E-state index is 0.0525. The smallest absolute Gasteiger partial charge is 0.143 e. The summed E-state index contributed by atoms with van der Waals surface area (Å²) in [6, 6.07) is 32.4. The Morgan fingerprint density at radius 3 is 1.71 bits per heavy atom. The van der Waals surface area contributed by atoms with Crippen LogP contribution >= 0.6 is 0 Å². The van der Waals surface area contributed by atoms with Crippen LogP contribution in [0.25, 0.3) is 54.6 Å². The highest BCUT2D eigenvalue weighted by Crippen LogP contribution is 2.45. The topological polar surface area (TPSA) is 13.1 Å². The van der Waals surface area contributed by atoms with Crippen molar-refractivity contribution in [3.05, 3.63) is 96.6 Å². The molecule has 0 atom stereocenters. The summed E-state index contributed by atoms with van der Waals surface area (Å²) in [5.41, 5.74) is 5.64. The van der Waals surface area contributed by atoms with Crippen LogP contribution in [0.15, 0.2) is 95.4 Å². The summed E-state index contributed by atoms with van der Waals surface area (Å²) < 4.78 is 6.38. The molecular formula is C29H21AlO. The highest BCUT2D eigenvalue weighted by molar-refractivity contribution is 6.24. The fourth-order valence-corrected chi connectivity index (χ4v) is 5.37. The average Bonchev–Trinajstić information content (AvgIpc) is 3.15. The lowest BCUT2D eigenvalue weighted by molar-refractivity contribution is 0.670. The van der Waals surface area contributed by atoms with Gasteiger partial charge in [0.15, 0.2) is 0 Å². The van der Waals surface area contributed by atoms with Crippen molar-refractivity contribution in [2.75, 3.05) is 0 Å². The Balaban J connectivity index is 1.85. The van der Waals surface area contributed by atoms with Gasteiger partial charge in [0.1, 0.15) is 27.5 Å². The van der Waals surface area contributed by atoms with Crippen molar-refractivity contribution in [1.29, 1.82) is 0 Å². The molecule has 2 heteroatoms. The molecule has 0 aliphatic carbocycles. The number of hydrogen-bond donors (Lipinski definition) is 0. The van der Waals surface area contributed by atoms with Gasteiger partial charge in [-0.25, -0.2) is 0 Å². The molecule has 5 aromatic carbocycles. The Hall–Kier alpha value is -3.05. The van der Waals surface area contributed by atoms with Crippen molar-refractivity contribution < 1.29 is 4.42 Å². The van der Waals surface area contributed by atoms with Crippen molar-refractivity contribution in [2.45, 2.75) is 18.1 Å². The second kappa shape index (κ2) is 6.73. The molecule has 0 saturated heterocycles. The Bertz CT molecular complexity index is 1560. The zero-order valence-electron chi connectivity index (χ0n) is 17.6. The van der Waals surface area contributed by atoms with Crippen LogP contribution in [-0.2, 0) is 4.28 Å². The summed E-state index contributed by atoms with van der Waals surface area (Å²) in [5, 5.41) is 7.44. The summed E-state index contributed by atoms with van der Waals surface area (Å²) in [5.74, 6) is 0. The van der Waals surface area contributed by atoms with Gasteiger partial charge in [-0.15, -0.1) is 0 Å². The van der Waals surface area contributed by atoms with Gasteiger partial charge in [0.25, 0.3) is 0 Å². The number of para-hydroxylation sites is 2. The molecule has 146 valence electrons. The van der Waals surface area contributed by atoms with E-state index in [1.54, 1.807) is 0 Å². The van der Waals surface area contributed by atoms with Gasteiger partial charge in [-0.3, -0.25) is 0 Å². The molecular weight excluding hydrogens is 391 g/mol. The monoisotopic (exact) mass is 412 g/mol. The third kappa shape index (κ3) is 2.76. The minimum atomic E-state index is -0.0525. The minimum Gasteiger partial charge on any atom is -0.455 e. The van der Waals surface area contributed by atoms with Gasteiger partial charge in [-0.05, 0) is 33.2 Å². The zero-order chi connectivity index (χ0) is 21.2. The van der Waals surface area contributed by atoms with E-state index in [4.69, 9.17) is 4.42 Å². The SMILES string of the molecule is C[C](C)([Al])c1c2ccccc2c(-c2cccc3c2oc2ccccc23)c2ccccc12. The fraction of sp³-hybridized carbons (Fsp3) is 0.103. The fourth-order valence-electron chi connectivity index (χ4n) is 5.06. The predicted octanol–water partition coefficient (Wildman–Crippen LogP) is 7.96. The van der Waals surface area contributed by atoms with Crippen LogP contribution < -0.4 is 0 Å². The molecule has 0 fully saturated rings. The predicted molar refractivity (Wildman–Crippen MR) is 133 cm³/mol. The highest BCUT2D eigenvalue weighted by Gasteiger charge is 2.23. The van der Waals surface area contributed by atoms with Crippen LogP contribution in [0.2, 0.25) is 0 Å². The second-order valence-corrected chi connectivity index (χ2v) is 10.3. The second-order valence-electron chi connectivity index (χ2n) is 8.84. The molecule has 0 aliphatic rings. The van der Waals surface area contributed by atoms with Crippen LogP contribution in [0.3, 0.4) is 0 Å². The molecule has 1 heterocycles. The maximum atomic E-state index is 6.43. The summed E-state index contributed by atoms with van der Waals surface area (Å²) in [4.78, 5) is 0. The van der Waals surface area contributed by atoms with Crippen LogP contribution in [0.1, 0.15) is 19.4 Å². The molecule has 0 unspecified atom stereocenters. The van der Waals surface area contributed by atoms with Gasteiger partial charge >= 0.3 is 0 Å². The van der Waals surface area contributed by atoms with Crippen molar-refractivity contribution in [3.63, 3.8) is 0 Å². The van der Waals surface area contributed by atoms with Gasteiger partial charge in [-0.2, -0.15) is 0 Å². The normalized spacial score (nSPS) is 12.3. The maximum Gasteiger partial charge on any atom is 0.143 e. The molecule has 31 heavy (non-hydrogen) atoms. The first-order valence-electron chi connectivity index (χ1n) is 10.7. The van der Waals surface area contributed by atoms with Gasteiger partial charge < -0.3 is 4.42 Å². The Kier molecular flexibility index (Phi) is 4.06. The molecule has 1 aromatic heterocycles. The van der Waals surface area contributed by atoms with E-state index >= 15 is 0 Å². The first kappa shape index (κ1) is 18.7. The lowest BCUT2D eigenvalue weighted by Crippen LogP contribution is -2.18. The van der Waals surface area contributed by atoms with E-state index in [9.17, 15) is 0 Å². The highest BCUT2D eigenvalue weighted by atomic mass is 27.0. The quantitative estimate of drug-likeness (QED) is 0.208. The van der Waals surface area contributed by atoms with E-state index in [1.807, 2.05) is 6.07 Å². The maximum absolute atomic E-state index is 6.43. The van der Waals surface area contributed by atoms with Crippen LogP contribution in [-0.4, -0.2) is 16.3 Å². The Morgan fingerprint density at radius 2 is 1.10 bits per heavy atom. The van der Waals surface area contributed by atoms with E-state index in [-0.39, 0.29) is 4.28 Å². The van der Waals surface area contributed by atoms with E-state index < -0.39 is 0 Å². The molecule has 0 spiro atoms. The lowest BCUT2D eigenvalue weighted by atomic mass is 9.84. The molecule has 2 radical (unpaired) electrons. The third-order valence-corrected chi connectivity index (χ3v) is 6.54. The van der Waals surface area contributed by atoms with Crippen molar-refractivity contribution >= 4 is 59.8 Å². The van der Waals surface area contributed by atoms with E-state index in [1.165, 1.54) is 32.7 Å². The third-order valence-electron chi connectivity index (χ3n) is 6.25. The largest absolute Gasteiger partial charge is 0.455 e.